The van der Waals surface area contributed by atoms with Gasteiger partial charge in [0.05, 0.1) is 0 Å². The van der Waals surface area contributed by atoms with Crippen LogP contribution in [0.25, 0.3) is 0 Å². The summed E-state index contributed by atoms with van der Waals surface area (Å²) in [6, 6.07) is 0. The van der Waals surface area contributed by atoms with Crippen LogP contribution in [-0.4, -0.2) is 35.6 Å². The third-order valence-electron chi connectivity index (χ3n) is 5.45. The zero-order valence-electron chi connectivity index (χ0n) is 13.1. The van der Waals surface area contributed by atoms with Crippen molar-refractivity contribution < 1.29 is 5.21 Å². The molecule has 1 saturated carbocycles. The molecule has 20 heavy (non-hydrogen) atoms. The first-order chi connectivity index (χ1) is 9.53. The Hall–Kier alpha value is -0.770. The molecule has 2 rings (SSSR count). The van der Waals surface area contributed by atoms with E-state index in [1.165, 1.54) is 45.2 Å². The van der Waals surface area contributed by atoms with E-state index in [1.807, 2.05) is 0 Å². The van der Waals surface area contributed by atoms with Crippen LogP contribution >= 0.6 is 0 Å². The number of hydrogen-bond acceptors (Lipinski definition) is 3. The topological polar surface area (TPSA) is 61.8 Å². The summed E-state index contributed by atoms with van der Waals surface area (Å²) in [7, 11) is 0. The van der Waals surface area contributed by atoms with E-state index in [1.54, 1.807) is 0 Å². The maximum atomic E-state index is 8.80. The van der Waals surface area contributed by atoms with E-state index in [4.69, 9.17) is 10.9 Å². The second kappa shape index (κ2) is 6.79. The number of amidine groups is 1. The zero-order chi connectivity index (χ0) is 14.6. The van der Waals surface area contributed by atoms with Gasteiger partial charge in [-0.3, -0.25) is 0 Å². The molecule has 2 fully saturated rings. The minimum Gasteiger partial charge on any atom is -0.409 e. The molecule has 2 unspecified atom stereocenters. The number of hydrogen-bond donors (Lipinski definition) is 2. The maximum Gasteiger partial charge on any atom is 0.144 e. The van der Waals surface area contributed by atoms with E-state index in [-0.39, 0.29) is 5.41 Å². The van der Waals surface area contributed by atoms with Gasteiger partial charge in [0.15, 0.2) is 0 Å². The van der Waals surface area contributed by atoms with E-state index < -0.39 is 0 Å². The van der Waals surface area contributed by atoms with Crippen LogP contribution in [-0.2, 0) is 0 Å². The van der Waals surface area contributed by atoms with Gasteiger partial charge in [-0.1, -0.05) is 38.3 Å². The molecule has 2 aliphatic rings. The van der Waals surface area contributed by atoms with Gasteiger partial charge in [-0.2, -0.15) is 0 Å². The summed E-state index contributed by atoms with van der Waals surface area (Å²) in [6.07, 6.45) is 9.30. The Balaban J connectivity index is 1.72. The minimum absolute atomic E-state index is 0.197. The van der Waals surface area contributed by atoms with E-state index in [9.17, 15) is 0 Å². The summed E-state index contributed by atoms with van der Waals surface area (Å²) >= 11 is 0. The van der Waals surface area contributed by atoms with Crippen LogP contribution in [0.1, 0.15) is 58.8 Å². The molecule has 2 atom stereocenters. The predicted octanol–water partition coefficient (Wildman–Crippen LogP) is 3.05. The van der Waals surface area contributed by atoms with Gasteiger partial charge < -0.3 is 15.8 Å². The van der Waals surface area contributed by atoms with Crippen molar-refractivity contribution >= 4 is 5.84 Å². The van der Waals surface area contributed by atoms with Crippen molar-refractivity contribution in [2.75, 3.05) is 19.6 Å². The van der Waals surface area contributed by atoms with Gasteiger partial charge in [0.2, 0.25) is 0 Å². The van der Waals surface area contributed by atoms with Crippen LogP contribution < -0.4 is 5.73 Å². The molecule has 4 heteroatoms. The number of oxime groups is 1. The smallest absolute Gasteiger partial charge is 0.144 e. The van der Waals surface area contributed by atoms with E-state index in [2.05, 4.69) is 23.9 Å². The van der Waals surface area contributed by atoms with Crippen molar-refractivity contribution in [2.24, 2.45) is 28.1 Å². The Labute approximate surface area is 123 Å². The highest BCUT2D eigenvalue weighted by molar-refractivity contribution is 5.85. The molecule has 0 amide bonds. The first-order valence-corrected chi connectivity index (χ1v) is 8.23. The molecular formula is C16H31N3O. The molecule has 4 nitrogen and oxygen atoms in total. The van der Waals surface area contributed by atoms with Crippen molar-refractivity contribution in [1.29, 1.82) is 0 Å². The number of nitrogens with two attached hydrogens (primary N) is 1. The van der Waals surface area contributed by atoms with Crippen molar-refractivity contribution in [3.8, 4) is 0 Å². The summed E-state index contributed by atoms with van der Waals surface area (Å²) in [6.45, 7) is 7.83. The molecule has 1 aliphatic carbocycles. The van der Waals surface area contributed by atoms with E-state index >= 15 is 0 Å². The van der Waals surface area contributed by atoms with Crippen molar-refractivity contribution in [2.45, 2.75) is 58.8 Å². The lowest BCUT2D eigenvalue weighted by molar-refractivity contribution is 0.0844. The summed E-state index contributed by atoms with van der Waals surface area (Å²) in [5.41, 5.74) is 5.55. The molecule has 0 spiro atoms. The second-order valence-corrected chi connectivity index (χ2v) is 7.37. The Morgan fingerprint density at radius 3 is 2.65 bits per heavy atom. The fourth-order valence-corrected chi connectivity index (χ4v) is 3.89. The van der Waals surface area contributed by atoms with Crippen LogP contribution in [0, 0.1) is 17.3 Å². The number of piperidine rings is 1. The number of fused-ring (bicyclic) bond motifs is 1. The predicted molar refractivity (Wildman–Crippen MR) is 82.9 cm³/mol. The fraction of sp³-hybridized carbons (Fsp3) is 0.938. The van der Waals surface area contributed by atoms with Gasteiger partial charge in [-0.15, -0.1) is 0 Å². The van der Waals surface area contributed by atoms with Gasteiger partial charge >= 0.3 is 0 Å². The highest BCUT2D eigenvalue weighted by Crippen LogP contribution is 2.36. The summed E-state index contributed by atoms with van der Waals surface area (Å²) < 4.78 is 0. The molecule has 3 N–H and O–H groups in total. The molecule has 1 aliphatic heterocycles. The van der Waals surface area contributed by atoms with Gasteiger partial charge in [-0.25, -0.2) is 0 Å². The first-order valence-electron chi connectivity index (χ1n) is 8.23. The fourth-order valence-electron chi connectivity index (χ4n) is 3.89. The number of nitrogens with zero attached hydrogens (tertiary/aromatic N) is 2. The molecular weight excluding hydrogens is 250 g/mol. The minimum atomic E-state index is -0.197. The normalized spacial score (nSPS) is 29.2. The summed E-state index contributed by atoms with van der Waals surface area (Å²) in [4.78, 5) is 2.63. The largest absolute Gasteiger partial charge is 0.409 e. The Bertz CT molecular complexity index is 341. The SMILES string of the molecule is CC(C)(CCCN1CCC2CCCCC2C1)C(N)=NO. The van der Waals surface area contributed by atoms with Crippen molar-refractivity contribution in [1.82, 2.24) is 4.90 Å². The van der Waals surface area contributed by atoms with Crippen LogP contribution in [0.5, 0.6) is 0 Å². The molecule has 0 radical (unpaired) electrons. The molecule has 0 aromatic rings. The third kappa shape index (κ3) is 3.87. The first kappa shape index (κ1) is 15.6. The monoisotopic (exact) mass is 281 g/mol. The Kier molecular flexibility index (Phi) is 5.30. The summed E-state index contributed by atoms with van der Waals surface area (Å²) in [5.74, 6) is 2.31. The second-order valence-electron chi connectivity index (χ2n) is 7.37. The third-order valence-corrected chi connectivity index (χ3v) is 5.45. The lowest BCUT2D eigenvalue weighted by atomic mass is 9.75. The van der Waals surface area contributed by atoms with Crippen LogP contribution in [0.3, 0.4) is 0 Å². The van der Waals surface area contributed by atoms with Crippen molar-refractivity contribution in [3.63, 3.8) is 0 Å². The van der Waals surface area contributed by atoms with Gasteiger partial charge in [-0.05, 0) is 50.6 Å². The molecule has 116 valence electrons. The average molecular weight is 281 g/mol. The Morgan fingerprint density at radius 1 is 1.25 bits per heavy atom. The maximum absolute atomic E-state index is 8.80. The van der Waals surface area contributed by atoms with Crippen molar-refractivity contribution in [3.05, 3.63) is 0 Å². The quantitative estimate of drug-likeness (QED) is 0.352. The summed E-state index contributed by atoms with van der Waals surface area (Å²) in [5, 5.41) is 12.0. The van der Waals surface area contributed by atoms with Crippen LogP contribution in [0.4, 0.5) is 0 Å². The molecule has 1 saturated heterocycles. The van der Waals surface area contributed by atoms with Gasteiger partial charge in [0.25, 0.3) is 0 Å². The standard InChI is InChI=1S/C16H31N3O/c1-16(2,15(17)18-20)9-5-10-19-11-8-13-6-3-4-7-14(13)12-19/h13-14,20H,3-12H2,1-2H3,(H2,17,18). The number of likely N-dealkylation sites (tertiary alicyclic amines) is 1. The van der Waals surface area contributed by atoms with Gasteiger partial charge in [0, 0.05) is 12.0 Å². The molecule has 0 aromatic heterocycles. The van der Waals surface area contributed by atoms with Crippen LogP contribution in [0.2, 0.25) is 0 Å². The van der Waals surface area contributed by atoms with Gasteiger partial charge in [0.1, 0.15) is 5.84 Å². The molecule has 1 heterocycles. The lowest BCUT2D eigenvalue weighted by Crippen LogP contribution is -2.42. The van der Waals surface area contributed by atoms with Crippen LogP contribution in [0.15, 0.2) is 5.16 Å². The highest BCUT2D eigenvalue weighted by Gasteiger charge is 2.31. The molecule has 0 bridgehead atoms. The lowest BCUT2D eigenvalue weighted by Gasteiger charge is -2.41. The van der Waals surface area contributed by atoms with E-state index in [0.717, 1.165) is 31.2 Å². The number of rotatable bonds is 5. The zero-order valence-corrected chi connectivity index (χ0v) is 13.1. The van der Waals surface area contributed by atoms with E-state index in [0.29, 0.717) is 5.84 Å². The molecule has 0 aromatic carbocycles. The Morgan fingerprint density at radius 2 is 1.95 bits per heavy atom. The highest BCUT2D eigenvalue weighted by atomic mass is 16.4. The average Bonchev–Trinajstić information content (AvgIpc) is 2.46.